The van der Waals surface area contributed by atoms with Crippen LogP contribution in [-0.2, 0) is 6.54 Å². The number of nitrogens with one attached hydrogen (secondary N) is 1. The largest absolute Gasteiger partial charge is 0.348 e. The van der Waals surface area contributed by atoms with Gasteiger partial charge in [-0.25, -0.2) is 4.39 Å². The molecular weight excluding hydrogens is 287 g/mol. The van der Waals surface area contributed by atoms with Crippen LogP contribution < -0.4 is 5.32 Å². The Morgan fingerprint density at radius 3 is 2.57 bits per heavy atom. The van der Waals surface area contributed by atoms with Gasteiger partial charge in [0.15, 0.2) is 0 Å². The predicted molar refractivity (Wildman–Crippen MR) is 80.5 cm³/mol. The molecule has 0 aliphatic carbocycles. The monoisotopic (exact) mass is 300 g/mol. The number of carbonyl (C=O) groups excluding carboxylic acids is 1. The normalized spacial score (nSPS) is 9.95. The van der Waals surface area contributed by atoms with Crippen molar-refractivity contribution >= 4 is 17.7 Å². The van der Waals surface area contributed by atoms with E-state index in [-0.39, 0.29) is 18.0 Å². The van der Waals surface area contributed by atoms with Crippen molar-refractivity contribution in [3.8, 4) is 6.07 Å². The first kappa shape index (κ1) is 15.1. The average molecular weight is 300 g/mol. The van der Waals surface area contributed by atoms with Crippen molar-refractivity contribution in [1.29, 1.82) is 5.26 Å². The van der Waals surface area contributed by atoms with Crippen molar-refractivity contribution in [2.75, 3.05) is 6.26 Å². The Balaban J connectivity index is 2.02. The van der Waals surface area contributed by atoms with E-state index in [0.717, 1.165) is 11.0 Å². The molecule has 2 rings (SSSR count). The molecule has 21 heavy (non-hydrogen) atoms. The van der Waals surface area contributed by atoms with E-state index < -0.39 is 5.82 Å². The highest BCUT2D eigenvalue weighted by atomic mass is 32.2. The minimum absolute atomic E-state index is 0.0840. The van der Waals surface area contributed by atoms with E-state index in [2.05, 4.69) is 5.32 Å². The first-order valence-electron chi connectivity index (χ1n) is 6.25. The number of hydrogen-bond acceptors (Lipinski definition) is 3. The molecule has 3 nitrogen and oxygen atoms in total. The first-order valence-corrected chi connectivity index (χ1v) is 7.47. The van der Waals surface area contributed by atoms with Gasteiger partial charge in [-0.15, -0.1) is 11.8 Å². The van der Waals surface area contributed by atoms with Gasteiger partial charge in [0.05, 0.1) is 11.6 Å². The second-order valence-electron chi connectivity index (χ2n) is 4.33. The number of benzene rings is 2. The van der Waals surface area contributed by atoms with Crippen LogP contribution in [0.25, 0.3) is 0 Å². The summed E-state index contributed by atoms with van der Waals surface area (Å²) in [6, 6.07) is 13.3. The van der Waals surface area contributed by atoms with E-state index in [9.17, 15) is 9.18 Å². The molecule has 0 saturated heterocycles. The van der Waals surface area contributed by atoms with Crippen molar-refractivity contribution < 1.29 is 9.18 Å². The Bertz CT molecular complexity index is 692. The Kier molecular flexibility index (Phi) is 4.96. The molecular formula is C16H13FN2OS. The maximum Gasteiger partial charge on any atom is 0.251 e. The number of halogens is 1. The van der Waals surface area contributed by atoms with Crippen molar-refractivity contribution in [2.24, 2.45) is 0 Å². The molecule has 106 valence electrons. The summed E-state index contributed by atoms with van der Waals surface area (Å²) in [4.78, 5) is 13.0. The van der Waals surface area contributed by atoms with E-state index in [1.807, 2.05) is 24.5 Å². The quantitative estimate of drug-likeness (QED) is 0.881. The molecule has 0 radical (unpaired) electrons. The summed E-state index contributed by atoms with van der Waals surface area (Å²) < 4.78 is 13.7. The van der Waals surface area contributed by atoms with Crippen LogP contribution in [-0.4, -0.2) is 12.2 Å². The van der Waals surface area contributed by atoms with E-state index >= 15 is 0 Å². The van der Waals surface area contributed by atoms with Gasteiger partial charge in [-0.05, 0) is 42.7 Å². The van der Waals surface area contributed by atoms with E-state index in [4.69, 9.17) is 5.26 Å². The van der Waals surface area contributed by atoms with Gasteiger partial charge in [0, 0.05) is 22.6 Å². The highest BCUT2D eigenvalue weighted by molar-refractivity contribution is 7.98. The number of rotatable bonds is 4. The predicted octanol–water partition coefficient (Wildman–Crippen LogP) is 3.35. The van der Waals surface area contributed by atoms with Gasteiger partial charge in [-0.3, -0.25) is 4.79 Å². The van der Waals surface area contributed by atoms with Crippen molar-refractivity contribution in [3.05, 3.63) is 65.0 Å². The summed E-state index contributed by atoms with van der Waals surface area (Å²) in [6.07, 6.45) is 1.96. The van der Waals surface area contributed by atoms with Crippen LogP contribution in [0.2, 0.25) is 0 Å². The van der Waals surface area contributed by atoms with Gasteiger partial charge in [0.2, 0.25) is 0 Å². The highest BCUT2D eigenvalue weighted by Gasteiger charge is 2.08. The molecule has 0 atom stereocenters. The van der Waals surface area contributed by atoms with Crippen molar-refractivity contribution in [2.45, 2.75) is 11.4 Å². The Morgan fingerprint density at radius 2 is 2.00 bits per heavy atom. The molecule has 0 unspecified atom stereocenters. The zero-order valence-electron chi connectivity index (χ0n) is 11.4. The molecule has 1 N–H and O–H groups in total. The molecule has 5 heteroatoms. The van der Waals surface area contributed by atoms with Gasteiger partial charge in [0.25, 0.3) is 5.91 Å². The summed E-state index contributed by atoms with van der Waals surface area (Å²) in [7, 11) is 0. The fourth-order valence-corrected chi connectivity index (χ4v) is 2.19. The van der Waals surface area contributed by atoms with Crippen LogP contribution in [0.5, 0.6) is 0 Å². The SMILES string of the molecule is CSc1ccc(C(=O)NCc2ccc(C#N)cc2F)cc1. The van der Waals surface area contributed by atoms with Crippen molar-refractivity contribution in [1.82, 2.24) is 5.32 Å². The van der Waals surface area contributed by atoms with Gasteiger partial charge < -0.3 is 5.32 Å². The van der Waals surface area contributed by atoms with Crippen LogP contribution in [0.1, 0.15) is 21.5 Å². The van der Waals surface area contributed by atoms with Crippen LogP contribution in [0.15, 0.2) is 47.4 Å². The Morgan fingerprint density at radius 1 is 1.29 bits per heavy atom. The number of amides is 1. The molecule has 0 aliphatic heterocycles. The lowest BCUT2D eigenvalue weighted by molar-refractivity contribution is 0.0950. The van der Waals surface area contributed by atoms with Gasteiger partial charge in [0.1, 0.15) is 5.82 Å². The molecule has 0 saturated carbocycles. The Labute approximate surface area is 126 Å². The molecule has 0 heterocycles. The molecule has 0 aromatic heterocycles. The van der Waals surface area contributed by atoms with E-state index in [1.54, 1.807) is 23.9 Å². The summed E-state index contributed by atoms with van der Waals surface area (Å²) in [5, 5.41) is 11.3. The smallest absolute Gasteiger partial charge is 0.251 e. The molecule has 2 aromatic carbocycles. The van der Waals surface area contributed by atoms with Crippen LogP contribution in [0.3, 0.4) is 0 Å². The molecule has 1 amide bonds. The Hall–Kier alpha value is -2.32. The van der Waals surface area contributed by atoms with Crippen molar-refractivity contribution in [3.63, 3.8) is 0 Å². The second kappa shape index (κ2) is 6.91. The lowest BCUT2D eigenvalue weighted by Crippen LogP contribution is -2.23. The third kappa shape index (κ3) is 3.83. The summed E-state index contributed by atoms with van der Waals surface area (Å²) in [5.41, 5.74) is 1.14. The average Bonchev–Trinajstić information content (AvgIpc) is 2.53. The number of nitrogens with zero attached hydrogens (tertiary/aromatic N) is 1. The highest BCUT2D eigenvalue weighted by Crippen LogP contribution is 2.15. The first-order chi connectivity index (χ1) is 10.1. The molecule has 0 spiro atoms. The fraction of sp³-hybridized carbons (Fsp3) is 0.125. The fourth-order valence-electron chi connectivity index (χ4n) is 1.78. The maximum absolute atomic E-state index is 13.7. The van der Waals surface area contributed by atoms with Crippen LogP contribution in [0, 0.1) is 17.1 Å². The standard InChI is InChI=1S/C16H13FN2OS/c1-21-14-6-4-12(5-7-14)16(20)19-10-13-3-2-11(9-18)8-15(13)17/h2-8H,10H2,1H3,(H,19,20). The van der Waals surface area contributed by atoms with Crippen LogP contribution >= 0.6 is 11.8 Å². The zero-order chi connectivity index (χ0) is 15.2. The zero-order valence-corrected chi connectivity index (χ0v) is 12.2. The number of nitriles is 1. The summed E-state index contributed by atoms with van der Waals surface area (Å²) in [6.45, 7) is 0.0840. The summed E-state index contributed by atoms with van der Waals surface area (Å²) >= 11 is 1.60. The minimum atomic E-state index is -0.493. The lowest BCUT2D eigenvalue weighted by Gasteiger charge is -2.07. The summed E-state index contributed by atoms with van der Waals surface area (Å²) in [5.74, 6) is -0.751. The number of carbonyl (C=O) groups is 1. The topological polar surface area (TPSA) is 52.9 Å². The molecule has 0 fully saturated rings. The second-order valence-corrected chi connectivity index (χ2v) is 5.21. The molecule has 0 aliphatic rings. The van der Waals surface area contributed by atoms with Crippen LogP contribution in [0.4, 0.5) is 4.39 Å². The lowest BCUT2D eigenvalue weighted by atomic mass is 10.1. The third-order valence-corrected chi connectivity index (χ3v) is 3.72. The maximum atomic E-state index is 13.7. The number of hydrogen-bond donors (Lipinski definition) is 1. The minimum Gasteiger partial charge on any atom is -0.348 e. The van der Waals surface area contributed by atoms with E-state index in [1.165, 1.54) is 12.1 Å². The molecule has 0 bridgehead atoms. The number of thioether (sulfide) groups is 1. The van der Waals surface area contributed by atoms with Gasteiger partial charge >= 0.3 is 0 Å². The third-order valence-electron chi connectivity index (χ3n) is 2.97. The van der Waals surface area contributed by atoms with E-state index in [0.29, 0.717) is 11.1 Å². The van der Waals surface area contributed by atoms with Gasteiger partial charge in [-0.2, -0.15) is 5.26 Å². The van der Waals surface area contributed by atoms with Gasteiger partial charge in [-0.1, -0.05) is 6.07 Å². The molecule has 2 aromatic rings.